The molecule has 8 heteroatoms. The zero-order valence-corrected chi connectivity index (χ0v) is 14.7. The van der Waals surface area contributed by atoms with Crippen molar-refractivity contribution in [3.05, 3.63) is 30.1 Å². The number of piperidine rings is 1. The molecule has 0 unspecified atom stereocenters. The van der Waals surface area contributed by atoms with Crippen LogP contribution in [0.15, 0.2) is 29.2 Å². The summed E-state index contributed by atoms with van der Waals surface area (Å²) in [5, 5.41) is 0. The lowest BCUT2D eigenvalue weighted by molar-refractivity contribution is -0.138. The van der Waals surface area contributed by atoms with Crippen LogP contribution in [0.5, 0.6) is 0 Å². The van der Waals surface area contributed by atoms with Gasteiger partial charge < -0.3 is 0 Å². The molecule has 1 aromatic carbocycles. The third kappa shape index (κ3) is 4.75. The fraction of sp³-hybridized carbons (Fsp3) is 0.562. The summed E-state index contributed by atoms with van der Waals surface area (Å²) in [5.74, 6) is -0.146. The van der Waals surface area contributed by atoms with Crippen LogP contribution in [0.3, 0.4) is 0 Å². The van der Waals surface area contributed by atoms with E-state index in [4.69, 9.17) is 4.84 Å². The van der Waals surface area contributed by atoms with Crippen LogP contribution in [0, 0.1) is 11.7 Å². The van der Waals surface area contributed by atoms with Crippen LogP contribution in [0.4, 0.5) is 4.39 Å². The average Bonchev–Trinajstić information content (AvgIpc) is 2.53. The first-order valence-electron chi connectivity index (χ1n) is 7.87. The Morgan fingerprint density at radius 1 is 1.29 bits per heavy atom. The van der Waals surface area contributed by atoms with E-state index < -0.39 is 21.4 Å². The van der Waals surface area contributed by atoms with Gasteiger partial charge in [0.25, 0.3) is 0 Å². The molecule has 6 nitrogen and oxygen atoms in total. The average molecular weight is 358 g/mol. The summed E-state index contributed by atoms with van der Waals surface area (Å²) in [6, 6.07) is 4.89. The molecule has 1 saturated heterocycles. The van der Waals surface area contributed by atoms with E-state index in [-0.39, 0.29) is 4.90 Å². The number of nitrogens with zero attached hydrogens (tertiary/aromatic N) is 1. The smallest absolute Gasteiger partial charge is 0.243 e. The number of halogens is 1. The summed E-state index contributed by atoms with van der Waals surface area (Å²) in [6.07, 6.45) is 2.64. The zero-order valence-electron chi connectivity index (χ0n) is 13.9. The van der Waals surface area contributed by atoms with Gasteiger partial charge in [0.2, 0.25) is 16.4 Å². The predicted molar refractivity (Wildman–Crippen MR) is 86.9 cm³/mol. The van der Waals surface area contributed by atoms with Crippen molar-refractivity contribution in [3.63, 3.8) is 0 Å². The number of nitrogens with one attached hydrogen (secondary N) is 1. The quantitative estimate of drug-likeness (QED) is 0.598. The Balaban J connectivity index is 1.94. The molecule has 0 atom stereocenters. The second-order valence-corrected chi connectivity index (χ2v) is 8.54. The SMILES string of the molecule is CC(C)(CC1CCN(S(=O)(=O)c2ccc(F)cc2)CC1)ONC=O. The topological polar surface area (TPSA) is 75.7 Å². The number of hydrogen-bond acceptors (Lipinski definition) is 4. The number of amides is 1. The molecule has 0 bridgehead atoms. The lowest BCUT2D eigenvalue weighted by Crippen LogP contribution is -2.41. The monoisotopic (exact) mass is 358 g/mol. The van der Waals surface area contributed by atoms with Crippen LogP contribution >= 0.6 is 0 Å². The van der Waals surface area contributed by atoms with Crippen LogP contribution in [-0.4, -0.2) is 37.8 Å². The van der Waals surface area contributed by atoms with Gasteiger partial charge in [0, 0.05) is 13.1 Å². The summed E-state index contributed by atoms with van der Waals surface area (Å²) >= 11 is 0. The van der Waals surface area contributed by atoms with Crippen LogP contribution in [0.2, 0.25) is 0 Å². The molecule has 0 aliphatic carbocycles. The van der Waals surface area contributed by atoms with Crippen molar-refractivity contribution >= 4 is 16.4 Å². The molecule has 24 heavy (non-hydrogen) atoms. The number of carbonyl (C=O) groups is 1. The van der Waals surface area contributed by atoms with Gasteiger partial charge in [-0.25, -0.2) is 18.3 Å². The molecule has 1 amide bonds. The number of benzene rings is 1. The highest BCUT2D eigenvalue weighted by atomic mass is 32.2. The van der Waals surface area contributed by atoms with Gasteiger partial charge in [-0.2, -0.15) is 4.31 Å². The Kier molecular flexibility index (Phi) is 5.95. The van der Waals surface area contributed by atoms with E-state index in [1.165, 1.54) is 16.4 Å². The zero-order chi connectivity index (χ0) is 17.8. The molecule has 1 aliphatic rings. The molecule has 0 aromatic heterocycles. The van der Waals surface area contributed by atoms with Crippen molar-refractivity contribution in [1.29, 1.82) is 0 Å². The first-order chi connectivity index (χ1) is 11.2. The van der Waals surface area contributed by atoms with Crippen LogP contribution in [0.1, 0.15) is 33.1 Å². The number of hydroxylamine groups is 1. The molecule has 0 saturated carbocycles. The molecule has 1 aromatic rings. The summed E-state index contributed by atoms with van der Waals surface area (Å²) in [4.78, 5) is 15.7. The van der Waals surface area contributed by atoms with Gasteiger partial charge in [0.1, 0.15) is 5.82 Å². The summed E-state index contributed by atoms with van der Waals surface area (Å²) in [6.45, 7) is 4.60. The molecule has 2 rings (SSSR count). The van der Waals surface area contributed by atoms with Crippen molar-refractivity contribution in [2.24, 2.45) is 5.92 Å². The minimum absolute atomic E-state index is 0.112. The first-order valence-corrected chi connectivity index (χ1v) is 9.31. The van der Waals surface area contributed by atoms with Crippen molar-refractivity contribution in [2.45, 2.75) is 43.6 Å². The number of hydrogen-bond donors (Lipinski definition) is 1. The Bertz CT molecular complexity index is 653. The lowest BCUT2D eigenvalue weighted by Gasteiger charge is -2.35. The van der Waals surface area contributed by atoms with Gasteiger partial charge in [0.05, 0.1) is 10.5 Å². The fourth-order valence-corrected chi connectivity index (χ4v) is 4.50. The van der Waals surface area contributed by atoms with Crippen molar-refractivity contribution < 1.29 is 22.4 Å². The fourth-order valence-electron chi connectivity index (χ4n) is 3.03. The standard InChI is InChI=1S/C16H23FN2O4S/c1-16(2,23-18-12-20)11-13-7-9-19(10-8-13)24(21,22)15-5-3-14(17)4-6-15/h3-6,12-13H,7-11H2,1-2H3,(H,18,20). The van der Waals surface area contributed by atoms with Crippen molar-refractivity contribution in [2.75, 3.05) is 13.1 Å². The summed E-state index contributed by atoms with van der Waals surface area (Å²) < 4.78 is 39.5. The molecule has 1 aliphatic heterocycles. The predicted octanol–water partition coefficient (Wildman–Crippen LogP) is 2.07. The molecular weight excluding hydrogens is 335 g/mol. The van der Waals surface area contributed by atoms with Gasteiger partial charge in [-0.1, -0.05) is 0 Å². The Hall–Kier alpha value is -1.51. The van der Waals surface area contributed by atoms with E-state index in [0.717, 1.165) is 18.6 Å². The normalized spacial score (nSPS) is 17.6. The Morgan fingerprint density at radius 2 is 1.88 bits per heavy atom. The first kappa shape index (κ1) is 18.8. The number of sulfonamides is 1. The van der Waals surface area contributed by atoms with E-state index in [9.17, 15) is 17.6 Å². The minimum Gasteiger partial charge on any atom is -0.277 e. The van der Waals surface area contributed by atoms with Crippen LogP contribution in [0.25, 0.3) is 0 Å². The van der Waals surface area contributed by atoms with E-state index in [1.54, 1.807) is 0 Å². The van der Waals surface area contributed by atoms with E-state index in [1.807, 2.05) is 13.8 Å². The van der Waals surface area contributed by atoms with Gasteiger partial charge >= 0.3 is 0 Å². The summed E-state index contributed by atoms with van der Waals surface area (Å²) in [5.41, 5.74) is 1.71. The highest BCUT2D eigenvalue weighted by Gasteiger charge is 2.32. The largest absolute Gasteiger partial charge is 0.277 e. The Labute approximate surface area is 142 Å². The van der Waals surface area contributed by atoms with Crippen LogP contribution in [-0.2, 0) is 19.7 Å². The molecule has 1 N–H and O–H groups in total. The number of carbonyl (C=O) groups excluding carboxylic acids is 1. The summed E-state index contributed by atoms with van der Waals surface area (Å²) in [7, 11) is -3.58. The molecule has 134 valence electrons. The van der Waals surface area contributed by atoms with Gasteiger partial charge in [-0.3, -0.25) is 9.63 Å². The molecule has 0 radical (unpaired) electrons. The highest BCUT2D eigenvalue weighted by Crippen LogP contribution is 2.30. The third-order valence-corrected chi connectivity index (χ3v) is 6.10. The number of rotatable bonds is 7. The van der Waals surface area contributed by atoms with Gasteiger partial charge in [-0.15, -0.1) is 0 Å². The van der Waals surface area contributed by atoms with E-state index >= 15 is 0 Å². The maximum absolute atomic E-state index is 13.0. The lowest BCUT2D eigenvalue weighted by atomic mass is 9.87. The molecule has 1 fully saturated rings. The highest BCUT2D eigenvalue weighted by molar-refractivity contribution is 7.89. The third-order valence-electron chi connectivity index (χ3n) is 4.19. The van der Waals surface area contributed by atoms with E-state index in [2.05, 4.69) is 5.48 Å². The maximum atomic E-state index is 13.0. The Morgan fingerprint density at radius 3 is 2.42 bits per heavy atom. The second-order valence-electron chi connectivity index (χ2n) is 6.60. The van der Waals surface area contributed by atoms with E-state index in [0.29, 0.717) is 38.3 Å². The minimum atomic E-state index is -3.58. The van der Waals surface area contributed by atoms with Crippen LogP contribution < -0.4 is 5.48 Å². The molecular formula is C16H23FN2O4S. The van der Waals surface area contributed by atoms with Crippen molar-refractivity contribution in [1.82, 2.24) is 9.79 Å². The van der Waals surface area contributed by atoms with Gasteiger partial charge in [-0.05, 0) is 63.3 Å². The second kappa shape index (κ2) is 7.58. The van der Waals surface area contributed by atoms with Crippen molar-refractivity contribution in [3.8, 4) is 0 Å². The maximum Gasteiger partial charge on any atom is 0.243 e. The molecule has 1 heterocycles. The van der Waals surface area contributed by atoms with Gasteiger partial charge in [0.15, 0.2) is 0 Å². The molecule has 0 spiro atoms.